The molecule has 0 saturated carbocycles. The van der Waals surface area contributed by atoms with Crippen LogP contribution >= 0.6 is 27.7 Å². The zero-order chi connectivity index (χ0) is 27.2. The molecule has 0 aromatic heterocycles. The van der Waals surface area contributed by atoms with Crippen LogP contribution < -0.4 is 14.8 Å². The summed E-state index contributed by atoms with van der Waals surface area (Å²) in [5.74, 6) is 0.0588. The third-order valence-electron chi connectivity index (χ3n) is 5.32. The largest absolute Gasteiger partial charge is 0.497 e. The number of amides is 3. The second kappa shape index (κ2) is 11.9. The smallest absolute Gasteiger partial charge is 0.294 e. The van der Waals surface area contributed by atoms with Gasteiger partial charge in [0.25, 0.3) is 16.8 Å². The number of nitro benzene ring substituents is 1. The Bertz CT molecular complexity index is 1440. The number of carbonyl (C=O) groups excluding carboxylic acids is 3. The van der Waals surface area contributed by atoms with Crippen molar-refractivity contribution in [1.82, 2.24) is 4.90 Å². The minimum absolute atomic E-state index is 0.0207. The maximum Gasteiger partial charge on any atom is 0.294 e. The summed E-state index contributed by atoms with van der Waals surface area (Å²) >= 11 is 4.18. The standard InChI is InChI=1S/C26H20BrN3O7S/c1-36-20-8-6-18(7-9-20)28-24(31)14-29-25(32)23(38-26(29)33)13-16-5-10-22(21(27)12-16)37-15-17-3-2-4-19(11-17)30(34)35/h2-13H,14-15H2,1H3,(H,28,31)/b23-13+. The fourth-order valence-electron chi connectivity index (χ4n) is 3.45. The van der Waals surface area contributed by atoms with Gasteiger partial charge in [0.05, 0.1) is 21.4 Å². The van der Waals surface area contributed by atoms with Crippen LogP contribution in [-0.4, -0.2) is 40.5 Å². The SMILES string of the molecule is COc1ccc(NC(=O)CN2C(=O)S/C(=C/c3ccc(OCc4cccc([N+](=O)[O-])c4)c(Br)c3)C2=O)cc1. The molecule has 4 rings (SSSR count). The van der Waals surface area contributed by atoms with Crippen molar-refractivity contribution in [3.05, 3.63) is 97.3 Å². The number of thioether (sulfide) groups is 1. The van der Waals surface area contributed by atoms with Gasteiger partial charge in [0.1, 0.15) is 24.7 Å². The van der Waals surface area contributed by atoms with E-state index in [1.807, 2.05) is 0 Å². The van der Waals surface area contributed by atoms with Gasteiger partial charge < -0.3 is 14.8 Å². The van der Waals surface area contributed by atoms with E-state index in [9.17, 15) is 24.5 Å². The number of nitro groups is 1. The highest BCUT2D eigenvalue weighted by molar-refractivity contribution is 9.10. The number of hydrogen-bond donors (Lipinski definition) is 1. The van der Waals surface area contributed by atoms with Gasteiger partial charge >= 0.3 is 0 Å². The van der Waals surface area contributed by atoms with E-state index in [-0.39, 0.29) is 17.2 Å². The molecule has 1 saturated heterocycles. The van der Waals surface area contributed by atoms with Gasteiger partial charge in [-0.2, -0.15) is 0 Å². The Hall–Kier alpha value is -4.16. The lowest BCUT2D eigenvalue weighted by molar-refractivity contribution is -0.384. The minimum Gasteiger partial charge on any atom is -0.497 e. The Balaban J connectivity index is 1.38. The molecule has 194 valence electrons. The van der Waals surface area contributed by atoms with Gasteiger partial charge in [-0.25, -0.2) is 0 Å². The van der Waals surface area contributed by atoms with Crippen LogP contribution in [0.2, 0.25) is 0 Å². The van der Waals surface area contributed by atoms with Crippen LogP contribution in [-0.2, 0) is 16.2 Å². The molecule has 1 aliphatic rings. The first kappa shape index (κ1) is 26.9. The molecule has 1 aliphatic heterocycles. The second-order valence-corrected chi connectivity index (χ2v) is 9.80. The Labute approximate surface area is 229 Å². The number of rotatable bonds is 9. The van der Waals surface area contributed by atoms with E-state index in [0.717, 1.165) is 16.7 Å². The lowest BCUT2D eigenvalue weighted by atomic mass is 10.2. The van der Waals surface area contributed by atoms with E-state index in [0.29, 0.717) is 32.8 Å². The normalized spacial score (nSPS) is 14.1. The lowest BCUT2D eigenvalue weighted by Gasteiger charge is -2.12. The highest BCUT2D eigenvalue weighted by Crippen LogP contribution is 2.34. The first-order valence-electron chi connectivity index (χ1n) is 11.1. The molecular formula is C26H20BrN3O7S. The van der Waals surface area contributed by atoms with Crippen LogP contribution in [0.1, 0.15) is 11.1 Å². The Morgan fingerprint density at radius 1 is 1.13 bits per heavy atom. The summed E-state index contributed by atoms with van der Waals surface area (Å²) in [6, 6.07) is 17.9. The zero-order valence-electron chi connectivity index (χ0n) is 19.9. The molecule has 10 nitrogen and oxygen atoms in total. The van der Waals surface area contributed by atoms with Crippen molar-refractivity contribution < 1.29 is 28.8 Å². The molecular weight excluding hydrogens is 578 g/mol. The average Bonchev–Trinajstić information content (AvgIpc) is 3.16. The summed E-state index contributed by atoms with van der Waals surface area (Å²) in [7, 11) is 1.53. The van der Waals surface area contributed by atoms with E-state index in [4.69, 9.17) is 9.47 Å². The van der Waals surface area contributed by atoms with Gasteiger partial charge in [-0.05, 0) is 81.3 Å². The van der Waals surface area contributed by atoms with Crippen molar-refractivity contribution in [3.8, 4) is 11.5 Å². The van der Waals surface area contributed by atoms with Gasteiger partial charge in [0.15, 0.2) is 0 Å². The van der Waals surface area contributed by atoms with Crippen molar-refractivity contribution in [2.45, 2.75) is 6.61 Å². The molecule has 0 radical (unpaired) electrons. The third kappa shape index (κ3) is 6.58. The van der Waals surface area contributed by atoms with Gasteiger partial charge in [-0.15, -0.1) is 0 Å². The van der Waals surface area contributed by atoms with E-state index >= 15 is 0 Å². The van der Waals surface area contributed by atoms with Crippen LogP contribution in [0.25, 0.3) is 6.08 Å². The van der Waals surface area contributed by atoms with E-state index in [1.165, 1.54) is 19.2 Å². The summed E-state index contributed by atoms with van der Waals surface area (Å²) in [4.78, 5) is 49.2. The number of non-ortho nitro benzene ring substituents is 1. The first-order valence-corrected chi connectivity index (χ1v) is 12.7. The van der Waals surface area contributed by atoms with Gasteiger partial charge in [-0.3, -0.25) is 29.4 Å². The number of nitrogens with zero attached hydrogens (tertiary/aromatic N) is 2. The number of methoxy groups -OCH3 is 1. The predicted octanol–water partition coefficient (Wildman–Crippen LogP) is 5.62. The quantitative estimate of drug-likeness (QED) is 0.191. The second-order valence-electron chi connectivity index (χ2n) is 7.95. The Morgan fingerprint density at radius 3 is 2.58 bits per heavy atom. The average molecular weight is 598 g/mol. The topological polar surface area (TPSA) is 128 Å². The van der Waals surface area contributed by atoms with Crippen LogP contribution in [0.5, 0.6) is 11.5 Å². The van der Waals surface area contributed by atoms with Crippen LogP contribution in [0.15, 0.2) is 76.1 Å². The maximum absolute atomic E-state index is 12.8. The summed E-state index contributed by atoms with van der Waals surface area (Å²) in [6.07, 6.45) is 1.56. The van der Waals surface area contributed by atoms with E-state index < -0.39 is 28.5 Å². The number of halogens is 1. The predicted molar refractivity (Wildman–Crippen MR) is 146 cm³/mol. The number of imide groups is 1. The first-order chi connectivity index (χ1) is 18.2. The zero-order valence-corrected chi connectivity index (χ0v) is 22.3. The van der Waals surface area contributed by atoms with Gasteiger partial charge in [-0.1, -0.05) is 18.2 Å². The molecule has 1 N–H and O–H groups in total. The number of benzene rings is 3. The molecule has 0 aliphatic carbocycles. The summed E-state index contributed by atoms with van der Waals surface area (Å²) in [5, 5.41) is 13.1. The van der Waals surface area contributed by atoms with E-state index in [2.05, 4.69) is 21.2 Å². The van der Waals surface area contributed by atoms with Crippen molar-refractivity contribution in [3.63, 3.8) is 0 Å². The Kier molecular flexibility index (Phi) is 8.44. The van der Waals surface area contributed by atoms with Crippen molar-refractivity contribution in [2.24, 2.45) is 0 Å². The molecule has 0 bridgehead atoms. The van der Waals surface area contributed by atoms with Crippen molar-refractivity contribution in [1.29, 1.82) is 0 Å². The monoisotopic (exact) mass is 597 g/mol. The molecule has 0 spiro atoms. The summed E-state index contributed by atoms with van der Waals surface area (Å²) < 4.78 is 11.4. The molecule has 0 unspecified atom stereocenters. The number of anilines is 1. The summed E-state index contributed by atoms with van der Waals surface area (Å²) in [6.45, 7) is -0.292. The molecule has 1 fully saturated rings. The fraction of sp³-hybridized carbons (Fsp3) is 0.115. The molecule has 3 aromatic rings. The maximum atomic E-state index is 12.8. The van der Waals surface area contributed by atoms with Crippen LogP contribution in [0, 0.1) is 10.1 Å². The third-order valence-corrected chi connectivity index (χ3v) is 6.85. The van der Waals surface area contributed by atoms with Gasteiger partial charge in [0.2, 0.25) is 5.91 Å². The lowest BCUT2D eigenvalue weighted by Crippen LogP contribution is -2.36. The molecule has 3 aromatic carbocycles. The molecule has 3 amide bonds. The number of carbonyl (C=O) groups is 3. The number of hydrogen-bond acceptors (Lipinski definition) is 8. The molecule has 12 heteroatoms. The minimum atomic E-state index is -0.563. The molecule has 38 heavy (non-hydrogen) atoms. The molecule has 0 atom stereocenters. The number of ether oxygens (including phenoxy) is 2. The summed E-state index contributed by atoms with van der Waals surface area (Å²) in [5.41, 5.74) is 1.76. The highest BCUT2D eigenvalue weighted by atomic mass is 79.9. The van der Waals surface area contributed by atoms with Crippen LogP contribution in [0.3, 0.4) is 0 Å². The molecule has 1 heterocycles. The number of nitrogens with one attached hydrogen (secondary N) is 1. The highest BCUT2D eigenvalue weighted by Gasteiger charge is 2.36. The van der Waals surface area contributed by atoms with Crippen molar-refractivity contribution in [2.75, 3.05) is 19.0 Å². The fourth-order valence-corrected chi connectivity index (χ4v) is 4.80. The Morgan fingerprint density at radius 2 is 1.89 bits per heavy atom. The van der Waals surface area contributed by atoms with Crippen molar-refractivity contribution >= 4 is 62.2 Å². The van der Waals surface area contributed by atoms with Crippen LogP contribution in [0.4, 0.5) is 16.2 Å². The van der Waals surface area contributed by atoms with E-state index in [1.54, 1.807) is 60.7 Å². The van der Waals surface area contributed by atoms with Gasteiger partial charge in [0, 0.05) is 17.8 Å².